The molecular formula is C13H25N3O2. The zero-order chi connectivity index (χ0) is 13.5. The van der Waals surface area contributed by atoms with E-state index in [0.29, 0.717) is 31.5 Å². The second-order valence-corrected chi connectivity index (χ2v) is 5.41. The van der Waals surface area contributed by atoms with E-state index in [1.807, 2.05) is 13.8 Å². The molecule has 1 fully saturated rings. The summed E-state index contributed by atoms with van der Waals surface area (Å²) in [5, 5.41) is 8.78. The summed E-state index contributed by atoms with van der Waals surface area (Å²) >= 11 is 0. The van der Waals surface area contributed by atoms with Crippen LogP contribution in [0.2, 0.25) is 0 Å². The Morgan fingerprint density at radius 1 is 1.22 bits per heavy atom. The lowest BCUT2D eigenvalue weighted by Crippen LogP contribution is -2.46. The first-order valence-corrected chi connectivity index (χ1v) is 6.79. The highest BCUT2D eigenvalue weighted by Gasteiger charge is 2.20. The second-order valence-electron chi connectivity index (χ2n) is 5.41. The van der Waals surface area contributed by atoms with Gasteiger partial charge >= 0.3 is 0 Å². The molecule has 18 heavy (non-hydrogen) atoms. The van der Waals surface area contributed by atoms with Crippen molar-refractivity contribution in [1.29, 1.82) is 0 Å². The molecule has 1 saturated carbocycles. The number of carbonyl (C=O) groups is 2. The fraction of sp³-hybridized carbons (Fsp3) is 0.846. The fourth-order valence-corrected chi connectivity index (χ4v) is 1.51. The minimum Gasteiger partial charge on any atom is -0.354 e. The van der Waals surface area contributed by atoms with Gasteiger partial charge in [0.2, 0.25) is 11.8 Å². The van der Waals surface area contributed by atoms with Crippen molar-refractivity contribution in [2.24, 2.45) is 5.92 Å². The van der Waals surface area contributed by atoms with Gasteiger partial charge in [-0.05, 0) is 25.7 Å². The van der Waals surface area contributed by atoms with Crippen LogP contribution >= 0.6 is 0 Å². The van der Waals surface area contributed by atoms with Crippen molar-refractivity contribution in [1.82, 2.24) is 16.0 Å². The normalized spacial score (nSPS) is 16.4. The van der Waals surface area contributed by atoms with E-state index >= 15 is 0 Å². The largest absolute Gasteiger partial charge is 0.354 e. The third kappa shape index (κ3) is 6.59. The van der Waals surface area contributed by atoms with E-state index in [1.54, 1.807) is 6.92 Å². The monoisotopic (exact) mass is 255 g/mol. The lowest BCUT2D eigenvalue weighted by Gasteiger charge is -2.15. The van der Waals surface area contributed by atoms with Gasteiger partial charge in [0.05, 0.1) is 0 Å². The van der Waals surface area contributed by atoms with Gasteiger partial charge in [-0.25, -0.2) is 0 Å². The molecule has 5 nitrogen and oxygen atoms in total. The van der Waals surface area contributed by atoms with Crippen LogP contribution in [0.25, 0.3) is 0 Å². The van der Waals surface area contributed by atoms with Crippen molar-refractivity contribution in [2.75, 3.05) is 13.1 Å². The number of nitrogens with one attached hydrogen (secondary N) is 3. The number of amides is 2. The average molecular weight is 255 g/mol. The van der Waals surface area contributed by atoms with Crippen LogP contribution in [0.3, 0.4) is 0 Å². The molecule has 0 heterocycles. The van der Waals surface area contributed by atoms with E-state index in [1.165, 1.54) is 12.8 Å². The van der Waals surface area contributed by atoms with Gasteiger partial charge in [0, 0.05) is 25.6 Å². The second kappa shape index (κ2) is 7.36. The molecule has 0 bridgehead atoms. The molecule has 5 heteroatoms. The molecular weight excluding hydrogens is 230 g/mol. The first-order chi connectivity index (χ1) is 8.49. The number of rotatable bonds is 8. The van der Waals surface area contributed by atoms with Crippen LogP contribution in [0.4, 0.5) is 0 Å². The third-order valence-corrected chi connectivity index (χ3v) is 2.82. The molecule has 1 aliphatic carbocycles. The summed E-state index contributed by atoms with van der Waals surface area (Å²) in [6.07, 6.45) is 2.86. The number of hydrogen-bond acceptors (Lipinski definition) is 3. The Labute approximate surface area is 109 Å². The highest BCUT2D eigenvalue weighted by Crippen LogP contribution is 2.18. The zero-order valence-electron chi connectivity index (χ0n) is 11.6. The highest BCUT2D eigenvalue weighted by atomic mass is 16.2. The molecule has 0 saturated heterocycles. The van der Waals surface area contributed by atoms with Crippen molar-refractivity contribution in [3.05, 3.63) is 0 Å². The predicted molar refractivity (Wildman–Crippen MR) is 71.1 cm³/mol. The molecule has 0 aromatic carbocycles. The molecule has 0 radical (unpaired) electrons. The Morgan fingerprint density at radius 3 is 2.44 bits per heavy atom. The summed E-state index contributed by atoms with van der Waals surface area (Å²) in [6.45, 7) is 7.11. The topological polar surface area (TPSA) is 70.2 Å². The molecule has 1 rings (SSSR count). The van der Waals surface area contributed by atoms with E-state index in [-0.39, 0.29) is 11.8 Å². The molecule has 104 valence electrons. The Morgan fingerprint density at radius 2 is 1.89 bits per heavy atom. The predicted octanol–water partition coefficient (Wildman–Crippen LogP) is 0.405. The van der Waals surface area contributed by atoms with Gasteiger partial charge in [-0.2, -0.15) is 0 Å². The first kappa shape index (κ1) is 15.0. The van der Waals surface area contributed by atoms with E-state index in [2.05, 4.69) is 16.0 Å². The van der Waals surface area contributed by atoms with Crippen LogP contribution in [0.15, 0.2) is 0 Å². The Bertz CT molecular complexity index is 288. The van der Waals surface area contributed by atoms with Crippen LogP contribution in [-0.4, -0.2) is 37.0 Å². The smallest absolute Gasteiger partial charge is 0.242 e. The third-order valence-electron chi connectivity index (χ3n) is 2.82. The van der Waals surface area contributed by atoms with Gasteiger partial charge in [0.25, 0.3) is 0 Å². The molecule has 0 aromatic rings. The van der Waals surface area contributed by atoms with Gasteiger partial charge in [-0.15, -0.1) is 0 Å². The van der Waals surface area contributed by atoms with Crippen molar-refractivity contribution >= 4 is 11.8 Å². The maximum atomic E-state index is 11.6. The minimum absolute atomic E-state index is 0.0738. The Hall–Kier alpha value is -1.10. The molecule has 1 unspecified atom stereocenters. The summed E-state index contributed by atoms with van der Waals surface area (Å²) in [6, 6.07) is 0.154. The highest BCUT2D eigenvalue weighted by molar-refractivity contribution is 5.87. The van der Waals surface area contributed by atoms with E-state index in [0.717, 1.165) is 0 Å². The summed E-state index contributed by atoms with van der Waals surface area (Å²) in [5.74, 6) is 0.224. The zero-order valence-corrected chi connectivity index (χ0v) is 11.6. The quantitative estimate of drug-likeness (QED) is 0.588. The number of carbonyl (C=O) groups excluding carboxylic acids is 2. The summed E-state index contributed by atoms with van der Waals surface area (Å²) in [5.41, 5.74) is 0. The Balaban J connectivity index is 2.10. The SMILES string of the molecule is CC(C)CNC(=O)C(C)NC(=O)CCNC1CC1. The molecule has 3 N–H and O–H groups in total. The van der Waals surface area contributed by atoms with E-state index in [9.17, 15) is 9.59 Å². The summed E-state index contributed by atoms with van der Waals surface area (Å²) in [7, 11) is 0. The van der Waals surface area contributed by atoms with Gasteiger partial charge in [0.15, 0.2) is 0 Å². The molecule has 1 aliphatic rings. The maximum absolute atomic E-state index is 11.6. The first-order valence-electron chi connectivity index (χ1n) is 6.79. The van der Waals surface area contributed by atoms with Crippen molar-refractivity contribution < 1.29 is 9.59 Å². The molecule has 0 aromatic heterocycles. The van der Waals surface area contributed by atoms with Crippen LogP contribution in [0, 0.1) is 5.92 Å². The maximum Gasteiger partial charge on any atom is 0.242 e. The Kier molecular flexibility index (Phi) is 6.12. The van der Waals surface area contributed by atoms with Crippen LogP contribution in [-0.2, 0) is 9.59 Å². The molecule has 0 spiro atoms. The molecule has 1 atom stereocenters. The van der Waals surface area contributed by atoms with Crippen LogP contribution < -0.4 is 16.0 Å². The standard InChI is InChI=1S/C13H25N3O2/c1-9(2)8-15-13(18)10(3)16-12(17)6-7-14-11-4-5-11/h9-11,14H,4-8H2,1-3H3,(H,15,18)(H,16,17). The van der Waals surface area contributed by atoms with Gasteiger partial charge in [0.1, 0.15) is 6.04 Å². The van der Waals surface area contributed by atoms with Crippen molar-refractivity contribution in [3.8, 4) is 0 Å². The minimum atomic E-state index is -0.461. The summed E-state index contributed by atoms with van der Waals surface area (Å²) in [4.78, 5) is 23.2. The van der Waals surface area contributed by atoms with Gasteiger partial charge < -0.3 is 16.0 Å². The summed E-state index contributed by atoms with van der Waals surface area (Å²) < 4.78 is 0. The lowest BCUT2D eigenvalue weighted by molar-refractivity contribution is -0.128. The van der Waals surface area contributed by atoms with Crippen LogP contribution in [0.5, 0.6) is 0 Å². The molecule has 0 aliphatic heterocycles. The van der Waals surface area contributed by atoms with Crippen LogP contribution in [0.1, 0.15) is 40.0 Å². The van der Waals surface area contributed by atoms with Gasteiger partial charge in [-0.1, -0.05) is 13.8 Å². The van der Waals surface area contributed by atoms with Crippen molar-refractivity contribution in [3.63, 3.8) is 0 Å². The van der Waals surface area contributed by atoms with Crippen molar-refractivity contribution in [2.45, 2.75) is 52.1 Å². The van der Waals surface area contributed by atoms with E-state index in [4.69, 9.17) is 0 Å². The van der Waals surface area contributed by atoms with E-state index < -0.39 is 6.04 Å². The molecule has 2 amide bonds. The van der Waals surface area contributed by atoms with Gasteiger partial charge in [-0.3, -0.25) is 9.59 Å². The number of hydrogen-bond donors (Lipinski definition) is 3. The lowest BCUT2D eigenvalue weighted by atomic mass is 10.2. The average Bonchev–Trinajstić information content (AvgIpc) is 3.09. The fourth-order valence-electron chi connectivity index (χ4n) is 1.51.